The van der Waals surface area contributed by atoms with Crippen LogP contribution in [0.1, 0.15) is 18.4 Å². The number of hydroxylamine groups is 2. The van der Waals surface area contributed by atoms with E-state index in [0.717, 1.165) is 5.56 Å². The number of hydrogen-bond donors (Lipinski definition) is 0. The van der Waals surface area contributed by atoms with Crippen molar-refractivity contribution in [3.8, 4) is 11.1 Å². The largest absolute Gasteiger partial charge is 0.368 e. The van der Waals surface area contributed by atoms with Crippen LogP contribution < -0.4 is 0 Å². The highest BCUT2D eigenvalue weighted by atomic mass is 19.1. The van der Waals surface area contributed by atoms with E-state index < -0.39 is 11.9 Å². The second-order valence-electron chi connectivity index (χ2n) is 5.05. The first-order valence-corrected chi connectivity index (χ1v) is 6.73. The van der Waals surface area contributed by atoms with Gasteiger partial charge in [0.05, 0.1) is 5.92 Å². The molecule has 0 aliphatic rings. The lowest BCUT2D eigenvalue weighted by Gasteiger charge is -2.15. The normalized spacial score (nSPS) is 12.2. The lowest BCUT2D eigenvalue weighted by atomic mass is 9.97. The van der Waals surface area contributed by atoms with Crippen molar-refractivity contribution in [3.05, 3.63) is 59.9 Å². The van der Waals surface area contributed by atoms with Crippen molar-refractivity contribution in [2.45, 2.75) is 12.8 Å². The molecule has 2 aromatic carbocycles. The minimum Gasteiger partial charge on any atom is -0.368 e. The summed E-state index contributed by atoms with van der Waals surface area (Å²) in [6, 6.07) is 14.1. The van der Waals surface area contributed by atoms with Gasteiger partial charge in [0, 0.05) is 19.7 Å². The third-order valence-electron chi connectivity index (χ3n) is 3.20. The molecular formula is C17H18FNO2. The summed E-state index contributed by atoms with van der Waals surface area (Å²) in [6.45, 7) is 1.70. The fraction of sp³-hybridized carbons (Fsp3) is 0.235. The second-order valence-corrected chi connectivity index (χ2v) is 5.05. The SMILES string of the molecule is CC(C(=O)ON(C)C)c1ccc(-c2ccccc2)c(F)c1. The van der Waals surface area contributed by atoms with Crippen molar-refractivity contribution in [1.29, 1.82) is 0 Å². The molecule has 0 aliphatic carbocycles. The fourth-order valence-electron chi connectivity index (χ4n) is 2.05. The van der Waals surface area contributed by atoms with Gasteiger partial charge in [-0.05, 0) is 24.1 Å². The Labute approximate surface area is 123 Å². The first-order valence-electron chi connectivity index (χ1n) is 6.73. The number of halogens is 1. The van der Waals surface area contributed by atoms with Gasteiger partial charge >= 0.3 is 5.97 Å². The Bertz CT molecular complexity index is 626. The molecule has 0 heterocycles. The van der Waals surface area contributed by atoms with Crippen LogP contribution >= 0.6 is 0 Å². The van der Waals surface area contributed by atoms with Crippen molar-refractivity contribution in [2.24, 2.45) is 0 Å². The number of rotatable bonds is 4. The van der Waals surface area contributed by atoms with Crippen LogP contribution in [0.4, 0.5) is 4.39 Å². The van der Waals surface area contributed by atoms with E-state index in [0.29, 0.717) is 11.1 Å². The Kier molecular flexibility index (Phi) is 4.70. The van der Waals surface area contributed by atoms with Crippen molar-refractivity contribution in [2.75, 3.05) is 14.1 Å². The molecule has 1 atom stereocenters. The van der Waals surface area contributed by atoms with Crippen LogP contribution in [-0.4, -0.2) is 25.1 Å². The zero-order valence-electron chi connectivity index (χ0n) is 12.3. The highest BCUT2D eigenvalue weighted by Crippen LogP contribution is 2.26. The van der Waals surface area contributed by atoms with Crippen molar-refractivity contribution < 1.29 is 14.0 Å². The van der Waals surface area contributed by atoms with E-state index in [1.54, 1.807) is 33.2 Å². The van der Waals surface area contributed by atoms with E-state index in [1.165, 1.54) is 11.1 Å². The summed E-state index contributed by atoms with van der Waals surface area (Å²) in [7, 11) is 3.26. The summed E-state index contributed by atoms with van der Waals surface area (Å²) in [6.07, 6.45) is 0. The molecule has 0 spiro atoms. The molecule has 0 aliphatic heterocycles. The highest BCUT2D eigenvalue weighted by molar-refractivity contribution is 5.78. The summed E-state index contributed by atoms with van der Waals surface area (Å²) in [5, 5.41) is 1.33. The number of hydrogen-bond acceptors (Lipinski definition) is 3. The summed E-state index contributed by atoms with van der Waals surface area (Å²) in [5.41, 5.74) is 1.93. The van der Waals surface area contributed by atoms with Gasteiger partial charge in [-0.3, -0.25) is 0 Å². The van der Waals surface area contributed by atoms with Gasteiger partial charge < -0.3 is 4.84 Å². The first kappa shape index (κ1) is 15.2. The van der Waals surface area contributed by atoms with E-state index in [9.17, 15) is 9.18 Å². The van der Waals surface area contributed by atoms with E-state index in [4.69, 9.17) is 4.84 Å². The monoisotopic (exact) mass is 287 g/mol. The first-order chi connectivity index (χ1) is 9.99. The van der Waals surface area contributed by atoms with Crippen LogP contribution in [-0.2, 0) is 9.63 Å². The third-order valence-corrected chi connectivity index (χ3v) is 3.20. The predicted octanol–water partition coefficient (Wildman–Crippen LogP) is 3.62. The van der Waals surface area contributed by atoms with Gasteiger partial charge in [-0.1, -0.05) is 42.5 Å². The molecular weight excluding hydrogens is 269 g/mol. The molecule has 21 heavy (non-hydrogen) atoms. The molecule has 2 rings (SSSR count). The van der Waals surface area contributed by atoms with Gasteiger partial charge in [-0.15, -0.1) is 5.06 Å². The summed E-state index contributed by atoms with van der Waals surface area (Å²) < 4.78 is 14.3. The van der Waals surface area contributed by atoms with Gasteiger partial charge in [0.25, 0.3) is 0 Å². The van der Waals surface area contributed by atoms with Crippen molar-refractivity contribution in [3.63, 3.8) is 0 Å². The standard InChI is InChI=1S/C17H18FNO2/c1-12(17(20)21-19(2)3)14-9-10-15(16(18)11-14)13-7-5-4-6-8-13/h4-12H,1-3H3. The fourth-order valence-corrected chi connectivity index (χ4v) is 2.05. The smallest absolute Gasteiger partial charge is 0.332 e. The summed E-state index contributed by atoms with van der Waals surface area (Å²) >= 11 is 0. The Hall–Kier alpha value is -2.20. The minimum absolute atomic E-state index is 0.344. The highest BCUT2D eigenvalue weighted by Gasteiger charge is 2.19. The van der Waals surface area contributed by atoms with E-state index in [-0.39, 0.29) is 5.82 Å². The third kappa shape index (κ3) is 3.67. The van der Waals surface area contributed by atoms with Crippen LogP contribution in [0.3, 0.4) is 0 Å². The average Bonchev–Trinajstić information content (AvgIpc) is 2.46. The lowest BCUT2D eigenvalue weighted by Crippen LogP contribution is -2.22. The Balaban J connectivity index is 2.25. The van der Waals surface area contributed by atoms with E-state index in [2.05, 4.69) is 0 Å². The Morgan fingerprint density at radius 1 is 1.14 bits per heavy atom. The minimum atomic E-state index is -0.522. The zero-order chi connectivity index (χ0) is 15.4. The maximum atomic E-state index is 14.3. The van der Waals surface area contributed by atoms with Gasteiger partial charge in [0.15, 0.2) is 0 Å². The van der Waals surface area contributed by atoms with E-state index >= 15 is 0 Å². The molecule has 1 unspecified atom stereocenters. The molecule has 0 saturated carbocycles. The number of benzene rings is 2. The van der Waals surface area contributed by atoms with Crippen LogP contribution in [0.2, 0.25) is 0 Å². The zero-order valence-corrected chi connectivity index (χ0v) is 12.3. The topological polar surface area (TPSA) is 29.5 Å². The van der Waals surface area contributed by atoms with Crippen molar-refractivity contribution >= 4 is 5.97 Å². The van der Waals surface area contributed by atoms with Gasteiger partial charge in [-0.2, -0.15) is 0 Å². The summed E-state index contributed by atoms with van der Waals surface area (Å²) in [5.74, 6) is -1.28. The van der Waals surface area contributed by atoms with Crippen LogP contribution in [0, 0.1) is 5.82 Å². The van der Waals surface area contributed by atoms with Crippen LogP contribution in [0.15, 0.2) is 48.5 Å². The summed E-state index contributed by atoms with van der Waals surface area (Å²) in [4.78, 5) is 16.8. The van der Waals surface area contributed by atoms with Gasteiger partial charge in [-0.25, -0.2) is 9.18 Å². The Morgan fingerprint density at radius 2 is 1.81 bits per heavy atom. The van der Waals surface area contributed by atoms with Crippen LogP contribution in [0.5, 0.6) is 0 Å². The van der Waals surface area contributed by atoms with Crippen molar-refractivity contribution in [1.82, 2.24) is 5.06 Å². The quantitative estimate of drug-likeness (QED) is 0.804. The molecule has 0 amide bonds. The molecule has 0 radical (unpaired) electrons. The molecule has 4 heteroatoms. The lowest BCUT2D eigenvalue weighted by molar-refractivity contribution is -0.179. The van der Waals surface area contributed by atoms with Crippen LogP contribution in [0.25, 0.3) is 11.1 Å². The van der Waals surface area contributed by atoms with Gasteiger partial charge in [0.1, 0.15) is 5.82 Å². The molecule has 3 nitrogen and oxygen atoms in total. The number of carbonyl (C=O) groups is 1. The molecule has 2 aromatic rings. The van der Waals surface area contributed by atoms with Gasteiger partial charge in [0.2, 0.25) is 0 Å². The molecule has 0 aromatic heterocycles. The molecule has 0 fully saturated rings. The molecule has 0 N–H and O–H groups in total. The Morgan fingerprint density at radius 3 is 2.38 bits per heavy atom. The number of carbonyl (C=O) groups excluding carboxylic acids is 1. The molecule has 0 bridgehead atoms. The second kappa shape index (κ2) is 6.50. The van der Waals surface area contributed by atoms with E-state index in [1.807, 2.05) is 30.3 Å². The average molecular weight is 287 g/mol. The maximum absolute atomic E-state index is 14.3. The maximum Gasteiger partial charge on any atom is 0.332 e. The predicted molar refractivity (Wildman–Crippen MR) is 80.0 cm³/mol. The molecule has 0 saturated heterocycles. The number of nitrogens with zero attached hydrogens (tertiary/aromatic N) is 1. The molecule has 110 valence electrons.